The molecule has 0 saturated heterocycles. The fraction of sp³-hybridized carbons (Fsp3) is 0.900. The van der Waals surface area contributed by atoms with Crippen LogP contribution in [0.2, 0.25) is 0 Å². The number of rotatable bonds is 12. The molecule has 1 saturated carbocycles. The molecule has 0 atom stereocenters. The summed E-state index contributed by atoms with van der Waals surface area (Å²) < 4.78 is 5.41. The van der Waals surface area contributed by atoms with E-state index in [-0.39, 0.29) is 5.97 Å². The van der Waals surface area contributed by atoms with Crippen LogP contribution in [-0.4, -0.2) is 12.6 Å². The maximum atomic E-state index is 11.7. The summed E-state index contributed by atoms with van der Waals surface area (Å²) in [7, 11) is 0. The van der Waals surface area contributed by atoms with Gasteiger partial charge in [-0.15, -0.1) is 0 Å². The highest BCUT2D eigenvalue weighted by Crippen LogP contribution is 2.23. The Bertz CT molecular complexity index is 254. The van der Waals surface area contributed by atoms with Crippen molar-refractivity contribution in [3.05, 3.63) is 6.42 Å². The first kappa shape index (κ1) is 19.5. The van der Waals surface area contributed by atoms with Crippen molar-refractivity contribution >= 4 is 5.97 Å². The maximum Gasteiger partial charge on any atom is 0.309 e. The van der Waals surface area contributed by atoms with Crippen molar-refractivity contribution in [1.82, 2.24) is 0 Å². The number of carbonyl (C=O) groups is 1. The molecule has 0 heterocycles. The quantitative estimate of drug-likeness (QED) is 0.242. The van der Waals surface area contributed by atoms with Crippen LogP contribution in [0.5, 0.6) is 0 Å². The zero-order chi connectivity index (χ0) is 15.9. The van der Waals surface area contributed by atoms with E-state index in [1.54, 1.807) is 6.42 Å². The zero-order valence-electron chi connectivity index (χ0n) is 14.8. The van der Waals surface area contributed by atoms with E-state index in [2.05, 4.69) is 6.92 Å². The molecule has 2 nitrogen and oxygen atoms in total. The molecule has 0 aromatic heterocycles. The fourth-order valence-electron chi connectivity index (χ4n) is 3.29. The van der Waals surface area contributed by atoms with E-state index in [1.807, 2.05) is 0 Å². The predicted octanol–water partition coefficient (Wildman–Crippen LogP) is 6.24. The molecule has 0 bridgehead atoms. The molecular formula is C20H37O2. The number of carbonyl (C=O) groups excluding carboxylic acids is 1. The molecule has 0 aromatic rings. The first-order valence-electron chi connectivity index (χ1n) is 9.83. The van der Waals surface area contributed by atoms with Gasteiger partial charge >= 0.3 is 5.97 Å². The Hall–Kier alpha value is -0.530. The Morgan fingerprint density at radius 3 is 2.14 bits per heavy atom. The van der Waals surface area contributed by atoms with Crippen LogP contribution >= 0.6 is 0 Å². The summed E-state index contributed by atoms with van der Waals surface area (Å²) in [6.07, 6.45) is 21.0. The van der Waals surface area contributed by atoms with Crippen LogP contribution in [0.15, 0.2) is 0 Å². The topological polar surface area (TPSA) is 26.3 Å². The van der Waals surface area contributed by atoms with Gasteiger partial charge < -0.3 is 4.74 Å². The van der Waals surface area contributed by atoms with Crippen molar-refractivity contribution in [2.75, 3.05) is 6.61 Å². The van der Waals surface area contributed by atoms with Gasteiger partial charge in [-0.3, -0.25) is 4.79 Å². The third-order valence-electron chi connectivity index (χ3n) is 4.80. The molecule has 0 N–H and O–H groups in total. The van der Waals surface area contributed by atoms with Crippen LogP contribution in [0, 0.1) is 12.3 Å². The Balaban J connectivity index is 1.86. The molecule has 1 fully saturated rings. The van der Waals surface area contributed by atoms with Crippen molar-refractivity contribution < 1.29 is 9.53 Å². The Morgan fingerprint density at radius 1 is 0.909 bits per heavy atom. The number of hydrogen-bond donors (Lipinski definition) is 0. The minimum atomic E-state index is -0.0906. The molecular weight excluding hydrogens is 272 g/mol. The normalized spacial score (nSPS) is 16.4. The number of ether oxygens (including phenoxy) is 1. The molecule has 1 aliphatic carbocycles. The minimum absolute atomic E-state index is 0.0906. The average molecular weight is 310 g/mol. The molecule has 2 heteroatoms. The van der Waals surface area contributed by atoms with Crippen molar-refractivity contribution in [1.29, 1.82) is 0 Å². The van der Waals surface area contributed by atoms with Gasteiger partial charge in [-0.25, -0.2) is 0 Å². The molecule has 22 heavy (non-hydrogen) atoms. The highest BCUT2D eigenvalue weighted by atomic mass is 16.5. The first-order chi connectivity index (χ1) is 10.8. The molecule has 0 aromatic carbocycles. The van der Waals surface area contributed by atoms with E-state index < -0.39 is 0 Å². The van der Waals surface area contributed by atoms with Crippen LogP contribution in [0.3, 0.4) is 0 Å². The lowest BCUT2D eigenvalue weighted by Crippen LogP contribution is -2.14. The third-order valence-corrected chi connectivity index (χ3v) is 4.80. The zero-order valence-corrected chi connectivity index (χ0v) is 14.8. The van der Waals surface area contributed by atoms with Gasteiger partial charge in [0.25, 0.3) is 0 Å². The first-order valence-corrected chi connectivity index (χ1v) is 9.83. The van der Waals surface area contributed by atoms with Crippen LogP contribution in [0.4, 0.5) is 0 Å². The van der Waals surface area contributed by atoms with Gasteiger partial charge in [0.1, 0.15) is 0 Å². The Kier molecular flexibility index (Phi) is 12.5. The second-order valence-corrected chi connectivity index (χ2v) is 6.96. The molecule has 1 aliphatic rings. The molecule has 1 radical (unpaired) electrons. The van der Waals surface area contributed by atoms with Crippen LogP contribution < -0.4 is 0 Å². The summed E-state index contributed by atoms with van der Waals surface area (Å²) in [5.74, 6) is 0.523. The average Bonchev–Trinajstić information content (AvgIpc) is 2.80. The molecule has 0 unspecified atom stereocenters. The van der Waals surface area contributed by atoms with Gasteiger partial charge in [-0.1, -0.05) is 84.0 Å². The van der Waals surface area contributed by atoms with Gasteiger partial charge in [0.15, 0.2) is 0 Å². The summed E-state index contributed by atoms with van der Waals surface area (Å²) in [5.41, 5.74) is 0. The van der Waals surface area contributed by atoms with Crippen molar-refractivity contribution in [2.24, 2.45) is 5.92 Å². The lowest BCUT2D eigenvalue weighted by atomic mass is 10.0. The summed E-state index contributed by atoms with van der Waals surface area (Å²) >= 11 is 0. The summed E-state index contributed by atoms with van der Waals surface area (Å²) in [5, 5.41) is 0. The van der Waals surface area contributed by atoms with Crippen LogP contribution in [-0.2, 0) is 9.53 Å². The monoisotopic (exact) mass is 309 g/mol. The van der Waals surface area contributed by atoms with Crippen molar-refractivity contribution in [3.8, 4) is 0 Å². The SMILES string of the molecule is CCCCCCCCCC[CH]C(=O)OCC1CCCCCC1. The fourth-order valence-corrected chi connectivity index (χ4v) is 3.29. The van der Waals surface area contributed by atoms with E-state index in [4.69, 9.17) is 4.74 Å². The molecule has 0 aliphatic heterocycles. The van der Waals surface area contributed by atoms with Gasteiger partial charge in [-0.2, -0.15) is 0 Å². The lowest BCUT2D eigenvalue weighted by Gasteiger charge is -2.13. The van der Waals surface area contributed by atoms with Gasteiger partial charge in [0, 0.05) is 0 Å². The summed E-state index contributed by atoms with van der Waals surface area (Å²) in [4.78, 5) is 11.7. The van der Waals surface area contributed by atoms with E-state index >= 15 is 0 Å². The second kappa shape index (κ2) is 14.1. The van der Waals surface area contributed by atoms with E-state index in [0.717, 1.165) is 12.8 Å². The largest absolute Gasteiger partial charge is 0.465 e. The standard InChI is InChI=1S/C20H37O2/c1-2-3-4-5-6-7-8-9-14-17-20(21)22-18-19-15-12-10-11-13-16-19/h17,19H,2-16,18H2,1H3. The van der Waals surface area contributed by atoms with Crippen molar-refractivity contribution in [3.63, 3.8) is 0 Å². The highest BCUT2D eigenvalue weighted by molar-refractivity contribution is 5.78. The molecule has 129 valence electrons. The minimum Gasteiger partial charge on any atom is -0.465 e. The third kappa shape index (κ3) is 11.1. The van der Waals surface area contributed by atoms with Crippen molar-refractivity contribution in [2.45, 2.75) is 103 Å². The van der Waals surface area contributed by atoms with Crippen LogP contribution in [0.25, 0.3) is 0 Å². The van der Waals surface area contributed by atoms with Gasteiger partial charge in [-0.05, 0) is 25.2 Å². The summed E-state index contributed by atoms with van der Waals surface area (Å²) in [6.45, 7) is 2.90. The number of esters is 1. The summed E-state index contributed by atoms with van der Waals surface area (Å²) in [6, 6.07) is 0. The molecule has 0 spiro atoms. The van der Waals surface area contributed by atoms with E-state index in [9.17, 15) is 4.79 Å². The van der Waals surface area contributed by atoms with Crippen LogP contribution in [0.1, 0.15) is 103 Å². The lowest BCUT2D eigenvalue weighted by molar-refractivity contribution is -0.141. The van der Waals surface area contributed by atoms with E-state index in [1.165, 1.54) is 83.5 Å². The Morgan fingerprint density at radius 2 is 1.50 bits per heavy atom. The van der Waals surface area contributed by atoms with Gasteiger partial charge in [0.2, 0.25) is 0 Å². The smallest absolute Gasteiger partial charge is 0.309 e. The highest BCUT2D eigenvalue weighted by Gasteiger charge is 2.14. The molecule has 1 rings (SSSR count). The van der Waals surface area contributed by atoms with Gasteiger partial charge in [0.05, 0.1) is 13.0 Å². The molecule has 0 amide bonds. The maximum absolute atomic E-state index is 11.7. The second-order valence-electron chi connectivity index (χ2n) is 6.96. The predicted molar refractivity (Wildman–Crippen MR) is 93.7 cm³/mol. The number of unbranched alkanes of at least 4 members (excludes halogenated alkanes) is 8. The Labute approximate surface area is 138 Å². The number of hydrogen-bond acceptors (Lipinski definition) is 2. The van der Waals surface area contributed by atoms with E-state index in [0.29, 0.717) is 12.5 Å².